The Labute approximate surface area is 331 Å². The highest BCUT2D eigenvalue weighted by Gasteiger charge is 2.52. The van der Waals surface area contributed by atoms with Crippen molar-refractivity contribution in [1.82, 2.24) is 15.4 Å². The summed E-state index contributed by atoms with van der Waals surface area (Å²) in [7, 11) is 0. The van der Waals surface area contributed by atoms with Gasteiger partial charge in [0.05, 0.1) is 12.1 Å². The number of hydrogen-bond donors (Lipinski definition) is 1. The van der Waals surface area contributed by atoms with Crippen LogP contribution in [-0.4, -0.2) is 63.6 Å². The van der Waals surface area contributed by atoms with E-state index in [1.165, 1.54) is 6.07 Å². The number of rotatable bonds is 19. The van der Waals surface area contributed by atoms with Crippen LogP contribution < -0.4 is 10.1 Å². The van der Waals surface area contributed by atoms with Crippen molar-refractivity contribution in [2.24, 2.45) is 40.9 Å². The van der Waals surface area contributed by atoms with E-state index in [4.69, 9.17) is 9.26 Å². The summed E-state index contributed by atoms with van der Waals surface area (Å²) in [6, 6.07) is 9.39. The van der Waals surface area contributed by atoms with Gasteiger partial charge in [0.15, 0.2) is 11.6 Å². The van der Waals surface area contributed by atoms with Gasteiger partial charge in [-0.05, 0) is 84.8 Å². The van der Waals surface area contributed by atoms with Crippen LogP contribution in [0.4, 0.5) is 0 Å². The van der Waals surface area contributed by atoms with E-state index in [0.717, 1.165) is 69.8 Å². The molecule has 4 fully saturated rings. The van der Waals surface area contributed by atoms with Crippen molar-refractivity contribution in [3.8, 4) is 5.88 Å². The monoisotopic (exact) mass is 771 g/mol. The molecule has 2 aromatic rings. The number of ether oxygens (including phenoxy) is 1. The molecule has 1 N–H and O–H groups in total. The van der Waals surface area contributed by atoms with Crippen LogP contribution in [0.1, 0.15) is 140 Å². The highest BCUT2D eigenvalue weighted by Crippen LogP contribution is 2.44. The molecule has 0 bridgehead atoms. The predicted octanol–water partition coefficient (Wildman–Crippen LogP) is 7.49. The molecule has 56 heavy (non-hydrogen) atoms. The van der Waals surface area contributed by atoms with E-state index in [9.17, 15) is 28.8 Å². The van der Waals surface area contributed by atoms with Gasteiger partial charge in [-0.3, -0.25) is 28.8 Å². The molecule has 2 heterocycles. The van der Waals surface area contributed by atoms with E-state index in [-0.39, 0.29) is 90.3 Å². The maximum Gasteiger partial charge on any atom is 0.255 e. The molecule has 11 heteroatoms. The largest absolute Gasteiger partial charge is 0.471 e. The van der Waals surface area contributed by atoms with Crippen LogP contribution >= 0.6 is 0 Å². The van der Waals surface area contributed by atoms with Crippen LogP contribution in [0.15, 0.2) is 40.9 Å². The zero-order valence-corrected chi connectivity index (χ0v) is 33.8. The number of nitrogens with zero attached hydrogens (tertiary/aromatic N) is 2. The normalized spacial score (nSPS) is 22.9. The van der Waals surface area contributed by atoms with Crippen molar-refractivity contribution < 1.29 is 38.0 Å². The summed E-state index contributed by atoms with van der Waals surface area (Å²) >= 11 is 0. The Bertz CT molecular complexity index is 1720. The lowest BCUT2D eigenvalue weighted by molar-refractivity contribution is -0.146. The molecule has 1 aromatic carbocycles. The summed E-state index contributed by atoms with van der Waals surface area (Å²) in [5, 5.41) is 7.05. The number of ketones is 4. The molecule has 1 saturated heterocycles. The van der Waals surface area contributed by atoms with Gasteiger partial charge >= 0.3 is 0 Å². The molecule has 1 aromatic heterocycles. The lowest BCUT2D eigenvalue weighted by Crippen LogP contribution is -2.58. The van der Waals surface area contributed by atoms with Crippen LogP contribution in [0.3, 0.4) is 0 Å². The minimum atomic E-state index is -0.957. The lowest BCUT2D eigenvalue weighted by atomic mass is 9.76. The third kappa shape index (κ3) is 10.2. The average Bonchev–Trinajstić information content (AvgIpc) is 3.51. The van der Waals surface area contributed by atoms with Gasteiger partial charge in [-0.25, -0.2) is 0 Å². The van der Waals surface area contributed by atoms with Gasteiger partial charge in [0.25, 0.3) is 5.88 Å². The predicted molar refractivity (Wildman–Crippen MR) is 209 cm³/mol. The third-order valence-electron chi connectivity index (χ3n) is 12.8. The fourth-order valence-corrected chi connectivity index (χ4v) is 9.46. The molecule has 1 aliphatic heterocycles. The van der Waals surface area contributed by atoms with Crippen molar-refractivity contribution in [3.05, 3.63) is 47.7 Å². The Morgan fingerprint density at radius 3 is 2.34 bits per heavy atom. The van der Waals surface area contributed by atoms with E-state index in [2.05, 4.69) is 10.5 Å². The van der Waals surface area contributed by atoms with Crippen molar-refractivity contribution >= 4 is 34.9 Å². The molecule has 2 amide bonds. The summed E-state index contributed by atoms with van der Waals surface area (Å²) in [6.07, 6.45) is 10.4. The number of benzene rings is 1. The van der Waals surface area contributed by atoms with Gasteiger partial charge in [0.2, 0.25) is 29.1 Å². The van der Waals surface area contributed by atoms with Gasteiger partial charge in [0, 0.05) is 37.6 Å². The maximum absolute atomic E-state index is 14.8. The van der Waals surface area contributed by atoms with Crippen molar-refractivity contribution in [1.29, 1.82) is 0 Å². The van der Waals surface area contributed by atoms with E-state index in [1.54, 1.807) is 4.90 Å². The SMILES string of the molecule is CCC[C@H](CC(=O)[C@@H]1[C@H]2CCCC2CN1C(=O)[C@@H](NC(=O)[C@@H](CC(=O)c1cc(OCc2ccccc2)no1)C1CCCCC1)C(C)(C)C)C(=O)C(=O)CC1CC1. The van der Waals surface area contributed by atoms with Gasteiger partial charge in [-0.15, -0.1) is 0 Å². The summed E-state index contributed by atoms with van der Waals surface area (Å²) in [6.45, 7) is 8.33. The second-order valence-electron chi connectivity index (χ2n) is 18.1. The minimum Gasteiger partial charge on any atom is -0.471 e. The number of carbonyl (C=O) groups excluding carboxylic acids is 6. The fraction of sp³-hybridized carbons (Fsp3) is 0.667. The van der Waals surface area contributed by atoms with E-state index in [1.807, 2.05) is 58.0 Å². The number of nitrogens with one attached hydrogen (secondary N) is 1. The summed E-state index contributed by atoms with van der Waals surface area (Å²) in [5.41, 5.74) is 0.227. The number of fused-ring (bicyclic) bond motifs is 1. The smallest absolute Gasteiger partial charge is 0.255 e. The van der Waals surface area contributed by atoms with Crippen molar-refractivity contribution in [3.63, 3.8) is 0 Å². The first-order valence-electron chi connectivity index (χ1n) is 21.2. The number of aromatic nitrogens is 1. The zero-order chi connectivity index (χ0) is 40.0. The highest BCUT2D eigenvalue weighted by molar-refractivity contribution is 6.38. The summed E-state index contributed by atoms with van der Waals surface area (Å²) < 4.78 is 11.1. The third-order valence-corrected chi connectivity index (χ3v) is 12.8. The number of hydrogen-bond acceptors (Lipinski definition) is 9. The van der Waals surface area contributed by atoms with E-state index in [0.29, 0.717) is 19.4 Å². The van der Waals surface area contributed by atoms with Crippen LogP contribution in [0, 0.1) is 40.9 Å². The Balaban J connectivity index is 1.17. The Morgan fingerprint density at radius 2 is 1.66 bits per heavy atom. The zero-order valence-electron chi connectivity index (χ0n) is 33.8. The van der Waals surface area contributed by atoms with Gasteiger partial charge < -0.3 is 19.5 Å². The first-order valence-corrected chi connectivity index (χ1v) is 21.2. The number of Topliss-reactive ketones (excluding diaryl/α,β-unsaturated/α-hetero) is 4. The molecule has 11 nitrogen and oxygen atoms in total. The molecule has 0 radical (unpaired) electrons. The maximum atomic E-state index is 14.8. The molecule has 6 atom stereocenters. The minimum absolute atomic E-state index is 0.0154. The molecule has 1 unspecified atom stereocenters. The number of amides is 2. The number of likely N-dealkylation sites (tertiary alicyclic amines) is 1. The first-order chi connectivity index (χ1) is 26.8. The Kier molecular flexibility index (Phi) is 13.6. The average molecular weight is 772 g/mol. The molecule has 3 saturated carbocycles. The van der Waals surface area contributed by atoms with Crippen LogP contribution in [0.5, 0.6) is 5.88 Å². The van der Waals surface area contributed by atoms with Crippen molar-refractivity contribution in [2.45, 2.75) is 143 Å². The molecule has 6 rings (SSSR count). The van der Waals surface area contributed by atoms with E-state index < -0.39 is 35.1 Å². The standard InChI is InChI=1S/C45H61N3O8/c1-5-13-31(41(52)37(51)22-28-20-21-28)23-36(50)40-33-19-12-18-32(33)26-48(40)44(54)42(45(2,3)4)46-43(53)34(30-16-10-7-11-17-30)24-35(49)38-25-39(47-56-38)55-27-29-14-8-6-9-15-29/h6,8-9,14-15,25,28,30-34,40,42H,5,7,10-13,16-24,26-27H2,1-4H3,(H,46,53)/t31-,32?,33+,34+,40+,42-/m1/s1. The molecule has 0 spiro atoms. The van der Waals surface area contributed by atoms with Crippen LogP contribution in [-0.2, 0) is 30.6 Å². The Morgan fingerprint density at radius 1 is 0.929 bits per heavy atom. The highest BCUT2D eigenvalue weighted by atomic mass is 16.5. The van der Waals surface area contributed by atoms with Crippen molar-refractivity contribution in [2.75, 3.05) is 6.54 Å². The Hall–Kier alpha value is -4.15. The second kappa shape index (κ2) is 18.4. The fourth-order valence-electron chi connectivity index (χ4n) is 9.46. The number of carbonyl (C=O) groups is 6. The topological polar surface area (TPSA) is 153 Å². The molecular weight excluding hydrogens is 711 g/mol. The van der Waals surface area contributed by atoms with Gasteiger partial charge in [-0.1, -0.05) is 90.1 Å². The molecule has 4 aliphatic rings. The molecule has 304 valence electrons. The molecular formula is C45H61N3O8. The quantitative estimate of drug-likeness (QED) is 0.113. The second-order valence-corrected chi connectivity index (χ2v) is 18.1. The van der Waals surface area contributed by atoms with Crippen LogP contribution in [0.25, 0.3) is 0 Å². The van der Waals surface area contributed by atoms with Crippen LogP contribution in [0.2, 0.25) is 0 Å². The first kappa shape index (κ1) is 41.5. The lowest BCUT2D eigenvalue weighted by Gasteiger charge is -2.38. The summed E-state index contributed by atoms with van der Waals surface area (Å²) in [4.78, 5) is 85.1. The molecule has 3 aliphatic carbocycles. The van der Waals surface area contributed by atoms with Gasteiger partial charge in [0.1, 0.15) is 12.6 Å². The van der Waals surface area contributed by atoms with Gasteiger partial charge in [-0.2, -0.15) is 0 Å². The summed E-state index contributed by atoms with van der Waals surface area (Å²) in [5.74, 6) is -2.80. The van der Waals surface area contributed by atoms with E-state index >= 15 is 0 Å².